The summed E-state index contributed by atoms with van der Waals surface area (Å²) in [7, 11) is 0. The van der Waals surface area contributed by atoms with Gasteiger partial charge in [0.05, 0.1) is 61.8 Å². The second kappa shape index (κ2) is 20.9. The Morgan fingerprint density at radius 1 is 1.00 bits per heavy atom. The summed E-state index contributed by atoms with van der Waals surface area (Å²) < 4.78 is 21.3. The van der Waals surface area contributed by atoms with Gasteiger partial charge in [-0.3, -0.25) is 14.4 Å². The van der Waals surface area contributed by atoms with Crippen molar-refractivity contribution in [1.82, 2.24) is 25.8 Å². The van der Waals surface area contributed by atoms with E-state index in [0.29, 0.717) is 33.0 Å². The number of benzene rings is 1. The van der Waals surface area contributed by atoms with Gasteiger partial charge in [0.2, 0.25) is 17.7 Å². The fourth-order valence-corrected chi connectivity index (χ4v) is 5.98. The van der Waals surface area contributed by atoms with E-state index in [2.05, 4.69) is 20.9 Å². The molecule has 14 nitrogen and oxygen atoms in total. The minimum absolute atomic E-state index is 0.0120. The van der Waals surface area contributed by atoms with Crippen LogP contribution in [0.2, 0.25) is 0 Å². The molecular weight excluding hydrogens is 666 g/mol. The molecular formula is C35H53N5O9S. The predicted molar refractivity (Wildman–Crippen MR) is 188 cm³/mol. The number of aliphatic hydroxyl groups excluding tert-OH is 1. The lowest BCUT2D eigenvalue weighted by molar-refractivity contribution is -0.144. The third-order valence-corrected chi connectivity index (χ3v) is 8.91. The molecule has 2 heterocycles. The van der Waals surface area contributed by atoms with E-state index in [0.717, 1.165) is 34.5 Å². The van der Waals surface area contributed by atoms with E-state index in [-0.39, 0.29) is 45.2 Å². The summed E-state index contributed by atoms with van der Waals surface area (Å²) in [6.45, 7) is 11.5. The van der Waals surface area contributed by atoms with Crippen molar-refractivity contribution in [2.24, 2.45) is 5.41 Å². The Labute approximate surface area is 298 Å². The number of carbonyl (C=O) groups is 4. The fraction of sp³-hybridized carbons (Fsp3) is 0.629. The monoisotopic (exact) mass is 719 g/mol. The summed E-state index contributed by atoms with van der Waals surface area (Å²) in [5.74, 6) is -1.30. The maximum absolute atomic E-state index is 13.8. The number of hydrogen-bond acceptors (Lipinski definition) is 11. The fourth-order valence-electron chi connectivity index (χ4n) is 5.17. The average molecular weight is 720 g/mol. The van der Waals surface area contributed by atoms with Crippen LogP contribution in [0.4, 0.5) is 4.79 Å². The average Bonchev–Trinajstić information content (AvgIpc) is 3.69. The van der Waals surface area contributed by atoms with Gasteiger partial charge in [0.15, 0.2) is 0 Å². The van der Waals surface area contributed by atoms with Crippen LogP contribution in [0.5, 0.6) is 0 Å². The van der Waals surface area contributed by atoms with Crippen LogP contribution in [-0.2, 0) is 39.9 Å². The zero-order valence-corrected chi connectivity index (χ0v) is 30.6. The number of unbranched alkanes of at least 4 members (excludes halogenated alkanes) is 1. The van der Waals surface area contributed by atoms with Crippen LogP contribution in [-0.4, -0.2) is 116 Å². The number of thiazole rings is 1. The van der Waals surface area contributed by atoms with Gasteiger partial charge in [0.1, 0.15) is 18.7 Å². The van der Waals surface area contributed by atoms with Crippen LogP contribution in [0.1, 0.15) is 58.2 Å². The molecule has 278 valence electrons. The van der Waals surface area contributed by atoms with Gasteiger partial charge in [-0.2, -0.15) is 0 Å². The van der Waals surface area contributed by atoms with Gasteiger partial charge >= 0.3 is 6.09 Å². The van der Waals surface area contributed by atoms with Crippen LogP contribution < -0.4 is 16.0 Å². The first-order chi connectivity index (χ1) is 23.9. The Hall–Kier alpha value is -3.63. The van der Waals surface area contributed by atoms with Crippen molar-refractivity contribution in [2.75, 3.05) is 59.3 Å². The SMILES string of the molecule is CCCCOC(=O)NCCOCCOCCOCC(=O)N[C@H](C(=O)N1C[C@H](O)C[C@H]1C(=O)NCc1ccc(-c2scnc2C)cc1)C(C)(C)C. The lowest BCUT2D eigenvalue weighted by Gasteiger charge is -2.35. The van der Waals surface area contributed by atoms with Crippen molar-refractivity contribution in [3.8, 4) is 10.4 Å². The molecule has 1 aliphatic heterocycles. The van der Waals surface area contributed by atoms with Crippen molar-refractivity contribution < 1.29 is 43.2 Å². The predicted octanol–water partition coefficient (Wildman–Crippen LogP) is 2.80. The molecule has 4 N–H and O–H groups in total. The number of amides is 4. The highest BCUT2D eigenvalue weighted by atomic mass is 32.1. The number of nitrogens with one attached hydrogen (secondary N) is 3. The molecule has 1 saturated heterocycles. The number of β-amino-alcohol motifs (C(OH)–C–C–N with tert-alkyl or cyclic N) is 1. The minimum atomic E-state index is -0.956. The molecule has 50 heavy (non-hydrogen) atoms. The summed E-state index contributed by atoms with van der Waals surface area (Å²) in [6, 6.07) is 6.01. The van der Waals surface area contributed by atoms with Crippen molar-refractivity contribution in [1.29, 1.82) is 0 Å². The molecule has 0 bridgehead atoms. The van der Waals surface area contributed by atoms with Gasteiger partial charge in [0, 0.05) is 26.1 Å². The van der Waals surface area contributed by atoms with Crippen molar-refractivity contribution in [3.63, 3.8) is 0 Å². The van der Waals surface area contributed by atoms with Crippen LogP contribution in [0.15, 0.2) is 29.8 Å². The molecule has 4 amide bonds. The molecule has 1 aromatic heterocycles. The second-order valence-electron chi connectivity index (χ2n) is 13.1. The summed E-state index contributed by atoms with van der Waals surface area (Å²) in [5.41, 5.74) is 4.03. The van der Waals surface area contributed by atoms with Gasteiger partial charge < -0.3 is 44.9 Å². The van der Waals surface area contributed by atoms with Gasteiger partial charge in [-0.1, -0.05) is 58.4 Å². The van der Waals surface area contributed by atoms with Crippen molar-refractivity contribution in [2.45, 2.75) is 78.6 Å². The molecule has 3 atom stereocenters. The first-order valence-corrected chi connectivity index (χ1v) is 18.0. The maximum atomic E-state index is 13.8. The number of hydrogen-bond donors (Lipinski definition) is 4. The lowest BCUT2D eigenvalue weighted by atomic mass is 9.85. The largest absolute Gasteiger partial charge is 0.450 e. The maximum Gasteiger partial charge on any atom is 0.407 e. The van der Waals surface area contributed by atoms with Crippen molar-refractivity contribution in [3.05, 3.63) is 41.0 Å². The van der Waals surface area contributed by atoms with E-state index in [1.165, 1.54) is 4.90 Å². The highest BCUT2D eigenvalue weighted by Gasteiger charge is 2.44. The van der Waals surface area contributed by atoms with Crippen LogP contribution in [0, 0.1) is 12.3 Å². The molecule has 0 saturated carbocycles. The molecule has 1 fully saturated rings. The molecule has 3 rings (SSSR count). The molecule has 15 heteroatoms. The Morgan fingerprint density at radius 3 is 2.32 bits per heavy atom. The first kappa shape index (κ1) is 40.8. The number of ether oxygens (including phenoxy) is 4. The topological polar surface area (TPSA) is 178 Å². The Bertz CT molecular complexity index is 1370. The number of aromatic nitrogens is 1. The van der Waals surface area contributed by atoms with Crippen molar-refractivity contribution >= 4 is 35.2 Å². The smallest absolute Gasteiger partial charge is 0.407 e. The van der Waals surface area contributed by atoms with Crippen LogP contribution in [0.25, 0.3) is 10.4 Å². The van der Waals surface area contributed by atoms with Crippen LogP contribution in [0.3, 0.4) is 0 Å². The molecule has 1 aromatic carbocycles. The normalized spacial score (nSPS) is 16.6. The second-order valence-corrected chi connectivity index (χ2v) is 14.0. The molecule has 2 aromatic rings. The number of likely N-dealkylation sites (tertiary alicyclic amines) is 1. The molecule has 0 unspecified atom stereocenters. The number of rotatable bonds is 20. The number of carbonyl (C=O) groups excluding carboxylic acids is 4. The highest BCUT2D eigenvalue weighted by Crippen LogP contribution is 2.28. The summed E-state index contributed by atoms with van der Waals surface area (Å²) >= 11 is 1.57. The quantitative estimate of drug-likeness (QED) is 0.149. The summed E-state index contributed by atoms with van der Waals surface area (Å²) in [6.07, 6.45) is 0.556. The number of nitrogens with zero attached hydrogens (tertiary/aromatic N) is 2. The van der Waals surface area contributed by atoms with Gasteiger partial charge in [-0.15, -0.1) is 11.3 Å². The zero-order valence-electron chi connectivity index (χ0n) is 29.8. The number of alkyl carbamates (subject to hydrolysis) is 1. The zero-order chi connectivity index (χ0) is 36.5. The number of aryl methyl sites for hydroxylation is 1. The van der Waals surface area contributed by atoms with Gasteiger partial charge in [-0.05, 0) is 29.9 Å². The molecule has 0 aliphatic carbocycles. The van der Waals surface area contributed by atoms with E-state index < -0.39 is 41.5 Å². The van der Waals surface area contributed by atoms with Gasteiger partial charge in [0.25, 0.3) is 0 Å². The summed E-state index contributed by atoms with van der Waals surface area (Å²) in [5, 5.41) is 18.7. The van der Waals surface area contributed by atoms with E-state index in [9.17, 15) is 24.3 Å². The minimum Gasteiger partial charge on any atom is -0.450 e. The molecule has 0 radical (unpaired) electrons. The van der Waals surface area contributed by atoms with E-state index >= 15 is 0 Å². The van der Waals surface area contributed by atoms with E-state index in [1.54, 1.807) is 11.3 Å². The van der Waals surface area contributed by atoms with E-state index in [4.69, 9.17) is 18.9 Å². The Kier molecular flexibility index (Phi) is 17.1. The third-order valence-electron chi connectivity index (χ3n) is 7.94. The molecule has 1 aliphatic rings. The molecule has 0 spiro atoms. The Balaban J connectivity index is 1.38. The standard InChI is InChI=1S/C35H53N5O9S/c1-6-7-13-49-34(45)36-12-14-46-15-16-47-17-18-48-22-29(42)39-31(35(3,4)5)33(44)40-21-27(41)19-28(40)32(43)37-20-25-8-10-26(11-9-25)30-24(2)38-23-50-30/h8-11,23,27-28,31,41H,6-7,12-22H2,1-5H3,(H,36,45)(H,37,43)(H,39,42)/t27-,28+,31-/m1/s1. The van der Waals surface area contributed by atoms with Crippen LogP contribution >= 0.6 is 11.3 Å². The highest BCUT2D eigenvalue weighted by molar-refractivity contribution is 7.13. The Morgan fingerprint density at radius 2 is 1.68 bits per heavy atom. The van der Waals surface area contributed by atoms with E-state index in [1.807, 2.05) is 64.4 Å². The number of aliphatic hydroxyl groups is 1. The lowest BCUT2D eigenvalue weighted by Crippen LogP contribution is -2.58. The van der Waals surface area contributed by atoms with Gasteiger partial charge in [-0.25, -0.2) is 9.78 Å². The first-order valence-electron chi connectivity index (χ1n) is 17.1. The summed E-state index contributed by atoms with van der Waals surface area (Å²) in [4.78, 5) is 58.1. The third kappa shape index (κ3) is 13.6.